The van der Waals surface area contributed by atoms with Crippen molar-refractivity contribution in [2.24, 2.45) is 0 Å². The maximum Gasteiger partial charge on any atom is 0.243 e. The minimum absolute atomic E-state index is 0.130. The highest BCUT2D eigenvalue weighted by atomic mass is 127. The highest BCUT2D eigenvalue weighted by Crippen LogP contribution is 2.16. The summed E-state index contributed by atoms with van der Waals surface area (Å²) in [6.07, 6.45) is 0. The van der Waals surface area contributed by atoms with Crippen molar-refractivity contribution in [3.05, 3.63) is 57.7 Å². The molecule has 0 saturated heterocycles. The molecule has 0 heterocycles. The van der Waals surface area contributed by atoms with Crippen LogP contribution in [0, 0.1) is 14.9 Å². The van der Waals surface area contributed by atoms with E-state index in [1.54, 1.807) is 24.3 Å². The molecule has 0 fully saturated rings. The molecular weight excluding hydrogens is 365 g/mol. The van der Waals surface area contributed by atoms with Gasteiger partial charge in [-0.05, 0) is 59.0 Å². The first-order chi connectivity index (χ1) is 9.69. The molecule has 2 rings (SSSR count). The Kier molecular flexibility index (Phi) is 4.96. The quantitative estimate of drug-likeness (QED) is 0.805. The Morgan fingerprint density at radius 1 is 1.15 bits per heavy atom. The SMILES string of the molecule is N#Cc1ccc(NC(=O)CNc2ccccc2I)cc1. The molecule has 0 unspecified atom stereocenters. The van der Waals surface area contributed by atoms with Crippen molar-refractivity contribution >= 4 is 39.9 Å². The van der Waals surface area contributed by atoms with Crippen molar-refractivity contribution in [2.45, 2.75) is 0 Å². The topological polar surface area (TPSA) is 64.9 Å². The normalized spacial score (nSPS) is 9.60. The lowest BCUT2D eigenvalue weighted by atomic mass is 10.2. The molecule has 0 aliphatic rings. The van der Waals surface area contributed by atoms with Crippen LogP contribution in [0.4, 0.5) is 11.4 Å². The van der Waals surface area contributed by atoms with Gasteiger partial charge in [0, 0.05) is 14.9 Å². The van der Waals surface area contributed by atoms with Gasteiger partial charge in [0.25, 0.3) is 0 Å². The molecule has 100 valence electrons. The molecule has 2 aromatic rings. The Hall–Kier alpha value is -2.07. The van der Waals surface area contributed by atoms with Crippen LogP contribution in [-0.4, -0.2) is 12.5 Å². The van der Waals surface area contributed by atoms with Crippen molar-refractivity contribution in [1.29, 1.82) is 5.26 Å². The number of carbonyl (C=O) groups is 1. The smallest absolute Gasteiger partial charge is 0.243 e. The summed E-state index contributed by atoms with van der Waals surface area (Å²) in [5, 5.41) is 14.6. The van der Waals surface area contributed by atoms with E-state index in [9.17, 15) is 4.79 Å². The van der Waals surface area contributed by atoms with Gasteiger partial charge >= 0.3 is 0 Å². The molecule has 0 saturated carbocycles. The Morgan fingerprint density at radius 2 is 1.85 bits per heavy atom. The zero-order chi connectivity index (χ0) is 14.4. The average molecular weight is 377 g/mol. The number of amides is 1. The number of benzene rings is 2. The van der Waals surface area contributed by atoms with E-state index in [0.29, 0.717) is 11.3 Å². The molecule has 0 bridgehead atoms. The molecule has 20 heavy (non-hydrogen) atoms. The molecule has 4 nitrogen and oxygen atoms in total. The van der Waals surface area contributed by atoms with Gasteiger partial charge in [0.05, 0.1) is 18.2 Å². The van der Waals surface area contributed by atoms with Gasteiger partial charge in [0.15, 0.2) is 0 Å². The minimum Gasteiger partial charge on any atom is -0.375 e. The Morgan fingerprint density at radius 3 is 2.50 bits per heavy atom. The van der Waals surface area contributed by atoms with E-state index in [1.165, 1.54) is 0 Å². The molecule has 2 N–H and O–H groups in total. The Bertz CT molecular complexity index is 647. The number of hydrogen-bond acceptors (Lipinski definition) is 3. The predicted octanol–water partition coefficient (Wildman–Crippen LogP) is 3.21. The molecule has 0 aliphatic heterocycles. The molecule has 0 spiro atoms. The van der Waals surface area contributed by atoms with Crippen LogP contribution in [0.3, 0.4) is 0 Å². The molecular formula is C15H12IN3O. The second-order valence-electron chi connectivity index (χ2n) is 4.07. The second-order valence-corrected chi connectivity index (χ2v) is 5.23. The van der Waals surface area contributed by atoms with Crippen molar-refractivity contribution in [3.8, 4) is 6.07 Å². The monoisotopic (exact) mass is 377 g/mol. The Labute approximate surface area is 130 Å². The van der Waals surface area contributed by atoms with E-state index in [-0.39, 0.29) is 12.5 Å². The molecule has 0 aliphatic carbocycles. The van der Waals surface area contributed by atoms with Crippen LogP contribution in [0.15, 0.2) is 48.5 Å². The predicted molar refractivity (Wildman–Crippen MR) is 87.4 cm³/mol. The van der Waals surface area contributed by atoms with E-state index in [4.69, 9.17) is 5.26 Å². The van der Waals surface area contributed by atoms with Gasteiger partial charge in [-0.2, -0.15) is 5.26 Å². The van der Waals surface area contributed by atoms with Crippen LogP contribution in [0.25, 0.3) is 0 Å². The van der Waals surface area contributed by atoms with Gasteiger partial charge in [-0.1, -0.05) is 12.1 Å². The number of nitrogens with zero attached hydrogens (tertiary/aromatic N) is 1. The summed E-state index contributed by atoms with van der Waals surface area (Å²) in [5.41, 5.74) is 2.18. The molecule has 0 atom stereocenters. The fraction of sp³-hybridized carbons (Fsp3) is 0.0667. The van der Waals surface area contributed by atoms with Crippen LogP contribution >= 0.6 is 22.6 Å². The summed E-state index contributed by atoms with van der Waals surface area (Å²) in [7, 11) is 0. The van der Waals surface area contributed by atoms with Crippen molar-refractivity contribution in [2.75, 3.05) is 17.2 Å². The zero-order valence-corrected chi connectivity index (χ0v) is 12.7. The third-order valence-corrected chi connectivity index (χ3v) is 3.55. The van der Waals surface area contributed by atoms with Crippen LogP contribution in [-0.2, 0) is 4.79 Å². The fourth-order valence-electron chi connectivity index (χ4n) is 1.61. The number of nitrogens with one attached hydrogen (secondary N) is 2. The number of anilines is 2. The van der Waals surface area contributed by atoms with E-state index >= 15 is 0 Å². The third kappa shape index (κ3) is 3.96. The van der Waals surface area contributed by atoms with E-state index in [2.05, 4.69) is 33.2 Å². The largest absolute Gasteiger partial charge is 0.375 e. The van der Waals surface area contributed by atoms with Crippen molar-refractivity contribution < 1.29 is 4.79 Å². The standard InChI is InChI=1S/C15H12IN3O/c16-13-3-1-2-4-14(13)18-10-15(20)19-12-7-5-11(9-17)6-8-12/h1-8,18H,10H2,(H,19,20). The summed E-state index contributed by atoms with van der Waals surface area (Å²) in [6, 6.07) is 16.6. The third-order valence-electron chi connectivity index (χ3n) is 2.61. The van der Waals surface area contributed by atoms with Crippen molar-refractivity contribution in [1.82, 2.24) is 0 Å². The molecule has 0 aromatic heterocycles. The molecule has 0 radical (unpaired) electrons. The zero-order valence-electron chi connectivity index (χ0n) is 10.6. The number of para-hydroxylation sites is 1. The number of nitriles is 1. The molecule has 2 aromatic carbocycles. The lowest BCUT2D eigenvalue weighted by molar-refractivity contribution is -0.114. The van der Waals surface area contributed by atoms with E-state index < -0.39 is 0 Å². The fourth-order valence-corrected chi connectivity index (χ4v) is 2.19. The van der Waals surface area contributed by atoms with E-state index in [1.807, 2.05) is 30.3 Å². The van der Waals surface area contributed by atoms with Gasteiger partial charge in [-0.3, -0.25) is 4.79 Å². The first-order valence-corrected chi connectivity index (χ1v) is 7.05. The van der Waals surface area contributed by atoms with Crippen LogP contribution in [0.5, 0.6) is 0 Å². The summed E-state index contributed by atoms with van der Waals surface area (Å²) < 4.78 is 1.07. The summed E-state index contributed by atoms with van der Waals surface area (Å²) in [6.45, 7) is 0.194. The van der Waals surface area contributed by atoms with Gasteiger partial charge < -0.3 is 10.6 Å². The maximum absolute atomic E-state index is 11.8. The number of carbonyl (C=O) groups excluding carboxylic acids is 1. The molecule has 5 heteroatoms. The maximum atomic E-state index is 11.8. The molecule has 1 amide bonds. The van der Waals surface area contributed by atoms with Crippen LogP contribution in [0.1, 0.15) is 5.56 Å². The first-order valence-electron chi connectivity index (χ1n) is 5.97. The minimum atomic E-state index is -0.130. The highest BCUT2D eigenvalue weighted by Gasteiger charge is 2.04. The van der Waals surface area contributed by atoms with E-state index in [0.717, 1.165) is 9.26 Å². The lowest BCUT2D eigenvalue weighted by Gasteiger charge is -2.09. The number of halogens is 1. The number of rotatable bonds is 4. The summed E-state index contributed by atoms with van der Waals surface area (Å²) in [4.78, 5) is 11.8. The number of hydrogen-bond donors (Lipinski definition) is 2. The van der Waals surface area contributed by atoms with Crippen LogP contribution < -0.4 is 10.6 Å². The summed E-state index contributed by atoms with van der Waals surface area (Å²) in [5.74, 6) is -0.130. The lowest BCUT2D eigenvalue weighted by Crippen LogP contribution is -2.22. The summed E-state index contributed by atoms with van der Waals surface area (Å²) >= 11 is 2.21. The van der Waals surface area contributed by atoms with Gasteiger partial charge in [0.2, 0.25) is 5.91 Å². The second kappa shape index (κ2) is 6.91. The average Bonchev–Trinajstić information content (AvgIpc) is 2.47. The van der Waals surface area contributed by atoms with Crippen LogP contribution in [0.2, 0.25) is 0 Å². The Balaban J connectivity index is 1.89. The first kappa shape index (κ1) is 14.3. The van der Waals surface area contributed by atoms with Gasteiger partial charge in [0.1, 0.15) is 0 Å². The van der Waals surface area contributed by atoms with Crippen molar-refractivity contribution in [3.63, 3.8) is 0 Å². The van der Waals surface area contributed by atoms with Gasteiger partial charge in [-0.25, -0.2) is 0 Å². The highest BCUT2D eigenvalue weighted by molar-refractivity contribution is 14.1. The van der Waals surface area contributed by atoms with Gasteiger partial charge in [-0.15, -0.1) is 0 Å².